The van der Waals surface area contributed by atoms with Gasteiger partial charge in [0.25, 0.3) is 0 Å². The van der Waals surface area contributed by atoms with E-state index in [2.05, 4.69) is 6.92 Å². The van der Waals surface area contributed by atoms with E-state index in [0.717, 1.165) is 19.3 Å². The second-order valence-electron chi connectivity index (χ2n) is 10.6. The molecule has 2 N–H and O–H groups in total. The maximum absolute atomic E-state index is 13.6. The molecule has 3 aliphatic heterocycles. The normalized spacial score (nSPS) is 47.6. The molecule has 4 aliphatic rings. The van der Waals surface area contributed by atoms with Crippen molar-refractivity contribution in [2.24, 2.45) is 35.0 Å². The van der Waals surface area contributed by atoms with Crippen LogP contribution in [0.25, 0.3) is 0 Å². The van der Waals surface area contributed by atoms with Crippen molar-refractivity contribution in [3.05, 3.63) is 11.6 Å². The summed E-state index contributed by atoms with van der Waals surface area (Å²) in [6.07, 6.45) is 4.15. The highest BCUT2D eigenvalue weighted by Crippen LogP contribution is 2.58. The van der Waals surface area contributed by atoms with Crippen LogP contribution in [0.3, 0.4) is 0 Å². The number of ketones is 1. The fourth-order valence-electron chi connectivity index (χ4n) is 6.78. The molecule has 2 bridgehead atoms. The highest BCUT2D eigenvalue weighted by molar-refractivity contribution is 6.07. The van der Waals surface area contributed by atoms with Gasteiger partial charge in [-0.1, -0.05) is 39.7 Å². The molecule has 9 atom stereocenters. The van der Waals surface area contributed by atoms with E-state index in [9.17, 15) is 24.6 Å². The quantitative estimate of drug-likeness (QED) is 0.508. The first-order chi connectivity index (χ1) is 14.6. The number of ether oxygens (including phenoxy) is 2. The molecule has 0 aromatic rings. The Kier molecular flexibility index (Phi) is 5.58. The molecule has 0 amide bonds. The van der Waals surface area contributed by atoms with Crippen molar-refractivity contribution in [1.82, 2.24) is 0 Å². The Morgan fingerprint density at radius 1 is 1.23 bits per heavy atom. The lowest BCUT2D eigenvalue weighted by Crippen LogP contribution is -2.63. The molecule has 0 radical (unpaired) electrons. The van der Waals surface area contributed by atoms with Gasteiger partial charge in [0, 0.05) is 11.5 Å². The Balaban J connectivity index is 1.88. The van der Waals surface area contributed by atoms with Crippen molar-refractivity contribution in [3.8, 4) is 0 Å². The second kappa shape index (κ2) is 7.69. The first kappa shape index (κ1) is 22.5. The van der Waals surface area contributed by atoms with E-state index in [1.54, 1.807) is 13.0 Å². The summed E-state index contributed by atoms with van der Waals surface area (Å²) in [5.41, 5.74) is -2.22. The summed E-state index contributed by atoms with van der Waals surface area (Å²) in [7, 11) is 0. The average Bonchev–Trinajstić information content (AvgIpc) is 2.90. The summed E-state index contributed by atoms with van der Waals surface area (Å²) in [6, 6.07) is 0. The van der Waals surface area contributed by atoms with Gasteiger partial charge in [0.2, 0.25) is 0 Å². The van der Waals surface area contributed by atoms with Crippen LogP contribution in [0.15, 0.2) is 11.6 Å². The van der Waals surface area contributed by atoms with Crippen LogP contribution in [0.2, 0.25) is 0 Å². The van der Waals surface area contributed by atoms with Crippen molar-refractivity contribution in [2.45, 2.75) is 77.6 Å². The SMILES string of the molecule is C[C@@H]1CCC[C@H]2C=C(C(=O)O)[C@@H](C)C[C@]23OC(=O)[C@@]2(C)C(=O)[C@@H](CO)[C@H](O[C@H]23)[C@H](C)C1. The van der Waals surface area contributed by atoms with Gasteiger partial charge in [-0.3, -0.25) is 9.59 Å². The maximum atomic E-state index is 13.6. The van der Waals surface area contributed by atoms with E-state index < -0.39 is 41.1 Å². The standard InChI is InChI=1S/C24H34O7/c1-12-6-5-7-15-9-16(20(27)28)14(3)10-24(15)21-23(4,22(29)31-24)19(26)17(11-25)18(30-21)13(2)8-12/h9,12-15,17-18,21,25H,5-8,10-11H2,1-4H3,(H,27,28)/t12-,13-,14+,15+,17+,18-,21-,23+,24+/m1/s1. The first-order valence-electron chi connectivity index (χ1n) is 11.5. The van der Waals surface area contributed by atoms with Gasteiger partial charge in [0.15, 0.2) is 11.2 Å². The zero-order chi connectivity index (χ0) is 22.7. The Morgan fingerprint density at radius 2 is 1.94 bits per heavy atom. The number of carbonyl (C=O) groups excluding carboxylic acids is 2. The van der Waals surface area contributed by atoms with Gasteiger partial charge in [-0.25, -0.2) is 4.79 Å². The third-order valence-electron chi connectivity index (χ3n) is 8.37. The summed E-state index contributed by atoms with van der Waals surface area (Å²) in [5, 5.41) is 19.8. The molecule has 3 fully saturated rings. The number of hydrogen-bond donors (Lipinski definition) is 2. The molecule has 7 nitrogen and oxygen atoms in total. The number of hydrogen-bond acceptors (Lipinski definition) is 6. The van der Waals surface area contributed by atoms with Crippen molar-refractivity contribution in [3.63, 3.8) is 0 Å². The first-order valence-corrected chi connectivity index (χ1v) is 11.5. The molecular weight excluding hydrogens is 400 g/mol. The Hall–Kier alpha value is -1.73. The van der Waals surface area contributed by atoms with Crippen LogP contribution in [-0.4, -0.2) is 52.4 Å². The number of carboxylic acid groups (broad SMARTS) is 1. The second-order valence-corrected chi connectivity index (χ2v) is 10.6. The molecule has 4 rings (SSSR count). The van der Waals surface area contributed by atoms with Crippen LogP contribution in [0, 0.1) is 35.0 Å². The van der Waals surface area contributed by atoms with E-state index in [1.807, 2.05) is 13.8 Å². The summed E-state index contributed by atoms with van der Waals surface area (Å²) in [4.78, 5) is 38.7. The highest BCUT2D eigenvalue weighted by Gasteiger charge is 2.73. The topological polar surface area (TPSA) is 110 Å². The van der Waals surface area contributed by atoms with Crippen molar-refractivity contribution in [2.75, 3.05) is 6.61 Å². The van der Waals surface area contributed by atoms with Gasteiger partial charge in [0.1, 0.15) is 11.7 Å². The van der Waals surface area contributed by atoms with Gasteiger partial charge >= 0.3 is 11.9 Å². The third kappa shape index (κ3) is 3.18. The van der Waals surface area contributed by atoms with Gasteiger partial charge in [-0.15, -0.1) is 0 Å². The lowest BCUT2D eigenvalue weighted by molar-refractivity contribution is -0.204. The third-order valence-corrected chi connectivity index (χ3v) is 8.37. The number of aliphatic hydroxyl groups is 1. The Morgan fingerprint density at radius 3 is 2.58 bits per heavy atom. The number of fused-ring (bicyclic) bond motifs is 1. The van der Waals surface area contributed by atoms with E-state index in [0.29, 0.717) is 24.3 Å². The number of aliphatic carboxylic acids is 1. The molecular formula is C24H34O7. The van der Waals surface area contributed by atoms with Gasteiger partial charge in [0.05, 0.1) is 18.6 Å². The number of carbonyl (C=O) groups is 3. The maximum Gasteiger partial charge on any atom is 0.331 e. The van der Waals surface area contributed by atoms with Crippen molar-refractivity contribution < 1.29 is 34.1 Å². The number of aliphatic hydroxyl groups excluding tert-OH is 1. The molecule has 0 saturated carbocycles. The predicted molar refractivity (Wildman–Crippen MR) is 111 cm³/mol. The molecule has 1 spiro atoms. The minimum absolute atomic E-state index is 0.0380. The van der Waals surface area contributed by atoms with Gasteiger partial charge < -0.3 is 19.7 Å². The minimum Gasteiger partial charge on any atom is -0.478 e. The lowest BCUT2D eigenvalue weighted by atomic mass is 9.60. The van der Waals surface area contributed by atoms with E-state index in [1.165, 1.54) is 0 Å². The van der Waals surface area contributed by atoms with Crippen LogP contribution < -0.4 is 0 Å². The van der Waals surface area contributed by atoms with Crippen LogP contribution in [0.5, 0.6) is 0 Å². The lowest BCUT2D eigenvalue weighted by Gasteiger charge is -2.50. The molecule has 31 heavy (non-hydrogen) atoms. The van der Waals surface area contributed by atoms with Gasteiger partial charge in [-0.05, 0) is 43.9 Å². The zero-order valence-corrected chi connectivity index (χ0v) is 18.8. The largest absolute Gasteiger partial charge is 0.478 e. The molecule has 0 aromatic carbocycles. The number of carboxylic acids is 1. The minimum atomic E-state index is -1.49. The van der Waals surface area contributed by atoms with Crippen LogP contribution in [0.1, 0.15) is 59.8 Å². The molecule has 0 aromatic heterocycles. The van der Waals surface area contributed by atoms with Crippen molar-refractivity contribution in [1.29, 1.82) is 0 Å². The Bertz CT molecular complexity index is 819. The number of esters is 1. The van der Waals surface area contributed by atoms with E-state index in [-0.39, 0.29) is 30.1 Å². The summed E-state index contributed by atoms with van der Waals surface area (Å²) in [5.74, 6) is -2.86. The fraction of sp³-hybridized carbons (Fsp3) is 0.792. The smallest absolute Gasteiger partial charge is 0.331 e. The van der Waals surface area contributed by atoms with E-state index >= 15 is 0 Å². The van der Waals surface area contributed by atoms with Gasteiger partial charge in [-0.2, -0.15) is 0 Å². The predicted octanol–water partition coefficient (Wildman–Crippen LogP) is 2.75. The molecule has 3 heterocycles. The monoisotopic (exact) mass is 434 g/mol. The van der Waals surface area contributed by atoms with E-state index in [4.69, 9.17) is 9.47 Å². The number of Topliss-reactive ketones (excluding diaryl/α,β-unsaturated/α-hetero) is 1. The average molecular weight is 435 g/mol. The fourth-order valence-corrected chi connectivity index (χ4v) is 6.78. The molecule has 3 saturated heterocycles. The molecule has 7 heteroatoms. The van der Waals surface area contributed by atoms with Crippen LogP contribution >= 0.6 is 0 Å². The molecule has 0 unspecified atom stereocenters. The Labute approximate surface area is 183 Å². The van der Waals surface area contributed by atoms with Crippen LogP contribution in [-0.2, 0) is 23.9 Å². The summed E-state index contributed by atoms with van der Waals surface area (Å²) in [6.45, 7) is 7.26. The highest BCUT2D eigenvalue weighted by atomic mass is 16.6. The number of rotatable bonds is 2. The van der Waals surface area contributed by atoms with Crippen LogP contribution in [0.4, 0.5) is 0 Å². The molecule has 1 aliphatic carbocycles. The summed E-state index contributed by atoms with van der Waals surface area (Å²) < 4.78 is 12.7. The summed E-state index contributed by atoms with van der Waals surface area (Å²) >= 11 is 0. The molecule has 172 valence electrons. The van der Waals surface area contributed by atoms with Crippen molar-refractivity contribution >= 4 is 17.7 Å². The zero-order valence-electron chi connectivity index (χ0n) is 18.8.